The lowest BCUT2D eigenvalue weighted by Crippen LogP contribution is -2.37. The van der Waals surface area contributed by atoms with E-state index in [1.807, 2.05) is 6.92 Å². The fourth-order valence-corrected chi connectivity index (χ4v) is 3.53. The largest absolute Gasteiger partial charge is 0.342 e. The van der Waals surface area contributed by atoms with E-state index in [0.717, 1.165) is 19.3 Å². The van der Waals surface area contributed by atoms with Crippen LogP contribution >= 0.6 is 11.6 Å². The monoisotopic (exact) mass is 329 g/mol. The number of rotatable bonds is 7. The minimum atomic E-state index is -3.60. The van der Waals surface area contributed by atoms with E-state index < -0.39 is 15.6 Å². The van der Waals surface area contributed by atoms with Gasteiger partial charge in [-0.25, -0.2) is 8.42 Å². The van der Waals surface area contributed by atoms with Gasteiger partial charge in [-0.05, 0) is 49.4 Å². The lowest BCUT2D eigenvalue weighted by Gasteiger charge is -2.22. The fourth-order valence-electron chi connectivity index (χ4n) is 2.18. The first kappa shape index (κ1) is 16.3. The van der Waals surface area contributed by atoms with E-state index in [4.69, 9.17) is 11.6 Å². The second-order valence-corrected chi connectivity index (χ2v) is 7.92. The molecule has 0 radical (unpaired) electrons. The molecule has 1 aliphatic carbocycles. The molecule has 0 spiro atoms. The van der Waals surface area contributed by atoms with E-state index in [-0.39, 0.29) is 10.8 Å². The normalized spacial score (nSPS) is 15.0. The summed E-state index contributed by atoms with van der Waals surface area (Å²) in [5.74, 6) is -0.223. The Hall–Kier alpha value is -1.07. The molecule has 0 atom stereocenters. The van der Waals surface area contributed by atoms with E-state index in [9.17, 15) is 13.2 Å². The van der Waals surface area contributed by atoms with Crippen LogP contribution in [0.2, 0.25) is 5.02 Å². The van der Waals surface area contributed by atoms with Crippen molar-refractivity contribution in [1.82, 2.24) is 4.90 Å². The smallest absolute Gasteiger partial charge is 0.238 e. The molecule has 1 saturated carbocycles. The number of nitrogens with zero attached hydrogens (tertiary/aromatic N) is 1. The minimum absolute atomic E-state index is 0.142. The number of carbonyl (C=O) groups excluding carboxylic acids is 1. The summed E-state index contributed by atoms with van der Waals surface area (Å²) in [6, 6.07) is 5.92. The first-order valence-corrected chi connectivity index (χ1v) is 9.21. The van der Waals surface area contributed by atoms with Crippen LogP contribution < -0.4 is 0 Å². The van der Waals surface area contributed by atoms with Crippen molar-refractivity contribution in [3.63, 3.8) is 0 Å². The summed E-state index contributed by atoms with van der Waals surface area (Å²) in [7, 11) is -3.60. The molecule has 4 nitrogen and oxygen atoms in total. The van der Waals surface area contributed by atoms with Crippen LogP contribution in [0.15, 0.2) is 29.2 Å². The van der Waals surface area contributed by atoms with Crippen molar-refractivity contribution in [2.45, 2.75) is 31.1 Å². The highest BCUT2D eigenvalue weighted by Gasteiger charge is 2.29. The Morgan fingerprint density at radius 3 is 2.43 bits per heavy atom. The molecule has 2 rings (SSSR count). The SMILES string of the molecule is CCCN(CC1CC1)C(=O)CS(=O)(=O)c1ccc(Cl)cc1. The molecule has 0 unspecified atom stereocenters. The topological polar surface area (TPSA) is 54.5 Å². The first-order valence-electron chi connectivity index (χ1n) is 7.18. The van der Waals surface area contributed by atoms with E-state index >= 15 is 0 Å². The molecule has 0 bridgehead atoms. The zero-order chi connectivity index (χ0) is 15.5. The predicted molar refractivity (Wildman–Crippen MR) is 83.1 cm³/mol. The maximum Gasteiger partial charge on any atom is 0.238 e. The van der Waals surface area contributed by atoms with Crippen molar-refractivity contribution in [2.24, 2.45) is 5.92 Å². The molecule has 0 saturated heterocycles. The maximum absolute atomic E-state index is 12.3. The van der Waals surface area contributed by atoms with Gasteiger partial charge in [0.15, 0.2) is 9.84 Å². The molecule has 21 heavy (non-hydrogen) atoms. The lowest BCUT2D eigenvalue weighted by atomic mass is 10.3. The van der Waals surface area contributed by atoms with Crippen molar-refractivity contribution in [3.05, 3.63) is 29.3 Å². The number of amides is 1. The average molecular weight is 330 g/mol. The van der Waals surface area contributed by atoms with Gasteiger partial charge in [0.25, 0.3) is 0 Å². The molecule has 0 aliphatic heterocycles. The number of hydrogen-bond acceptors (Lipinski definition) is 3. The van der Waals surface area contributed by atoms with E-state index in [0.29, 0.717) is 24.0 Å². The van der Waals surface area contributed by atoms with Gasteiger partial charge >= 0.3 is 0 Å². The van der Waals surface area contributed by atoms with Crippen LogP contribution in [-0.4, -0.2) is 38.1 Å². The number of sulfone groups is 1. The van der Waals surface area contributed by atoms with Crippen LogP contribution in [0.3, 0.4) is 0 Å². The summed E-state index contributed by atoms with van der Waals surface area (Å²) >= 11 is 5.75. The van der Waals surface area contributed by atoms with Gasteiger partial charge in [-0.1, -0.05) is 18.5 Å². The highest BCUT2D eigenvalue weighted by Crippen LogP contribution is 2.30. The maximum atomic E-state index is 12.3. The zero-order valence-electron chi connectivity index (χ0n) is 12.1. The Balaban J connectivity index is 2.06. The summed E-state index contributed by atoms with van der Waals surface area (Å²) in [4.78, 5) is 14.1. The standard InChI is InChI=1S/C15H20ClNO3S/c1-2-9-17(10-12-3-4-12)15(18)11-21(19,20)14-7-5-13(16)6-8-14/h5-8,12H,2-4,9-11H2,1H3. The number of benzene rings is 1. The Labute approximate surface area is 131 Å². The van der Waals surface area contributed by atoms with Crippen LogP contribution in [0.4, 0.5) is 0 Å². The average Bonchev–Trinajstić information content (AvgIpc) is 3.22. The molecule has 0 N–H and O–H groups in total. The van der Waals surface area contributed by atoms with Gasteiger partial charge in [-0.3, -0.25) is 4.79 Å². The highest BCUT2D eigenvalue weighted by atomic mass is 35.5. The summed E-state index contributed by atoms with van der Waals surface area (Å²) < 4.78 is 24.5. The van der Waals surface area contributed by atoms with Crippen molar-refractivity contribution < 1.29 is 13.2 Å². The molecule has 6 heteroatoms. The Morgan fingerprint density at radius 1 is 1.29 bits per heavy atom. The molecule has 0 heterocycles. The van der Waals surface area contributed by atoms with Gasteiger partial charge in [-0.15, -0.1) is 0 Å². The van der Waals surface area contributed by atoms with Crippen molar-refractivity contribution in [1.29, 1.82) is 0 Å². The van der Waals surface area contributed by atoms with E-state index in [1.54, 1.807) is 4.90 Å². The first-order chi connectivity index (χ1) is 9.92. The lowest BCUT2D eigenvalue weighted by molar-refractivity contribution is -0.128. The zero-order valence-corrected chi connectivity index (χ0v) is 13.7. The van der Waals surface area contributed by atoms with Gasteiger partial charge < -0.3 is 4.90 Å². The predicted octanol–water partition coefficient (Wildman–Crippen LogP) is 2.76. The van der Waals surface area contributed by atoms with Gasteiger partial charge in [0, 0.05) is 18.1 Å². The molecule has 0 aromatic heterocycles. The molecule has 1 amide bonds. The second-order valence-electron chi connectivity index (χ2n) is 5.50. The van der Waals surface area contributed by atoms with Gasteiger partial charge in [-0.2, -0.15) is 0 Å². The van der Waals surface area contributed by atoms with Crippen molar-refractivity contribution in [2.75, 3.05) is 18.8 Å². The summed E-state index contributed by atoms with van der Waals surface area (Å²) in [6.07, 6.45) is 3.11. The van der Waals surface area contributed by atoms with Gasteiger partial charge in [0.1, 0.15) is 5.75 Å². The van der Waals surface area contributed by atoms with E-state index in [1.165, 1.54) is 24.3 Å². The Kier molecular flexibility index (Phi) is 5.27. The third-order valence-electron chi connectivity index (χ3n) is 3.51. The van der Waals surface area contributed by atoms with Crippen LogP contribution in [0.25, 0.3) is 0 Å². The van der Waals surface area contributed by atoms with Gasteiger partial charge in [0.05, 0.1) is 4.90 Å². The van der Waals surface area contributed by atoms with Crippen LogP contribution in [0, 0.1) is 5.92 Å². The summed E-state index contributed by atoms with van der Waals surface area (Å²) in [6.45, 7) is 3.29. The third kappa shape index (κ3) is 4.71. The van der Waals surface area contributed by atoms with E-state index in [2.05, 4.69) is 0 Å². The fraction of sp³-hybridized carbons (Fsp3) is 0.533. The molecule has 1 aromatic carbocycles. The molecule has 1 fully saturated rings. The second kappa shape index (κ2) is 6.79. The minimum Gasteiger partial charge on any atom is -0.342 e. The molecular formula is C15H20ClNO3S. The highest BCUT2D eigenvalue weighted by molar-refractivity contribution is 7.92. The van der Waals surface area contributed by atoms with Crippen LogP contribution in [-0.2, 0) is 14.6 Å². The number of carbonyl (C=O) groups is 1. The quantitative estimate of drug-likeness (QED) is 0.773. The van der Waals surface area contributed by atoms with Crippen LogP contribution in [0.5, 0.6) is 0 Å². The Bertz CT molecular complexity index is 594. The third-order valence-corrected chi connectivity index (χ3v) is 5.38. The van der Waals surface area contributed by atoms with Gasteiger partial charge in [0.2, 0.25) is 5.91 Å². The number of halogens is 1. The molecule has 1 aliphatic rings. The van der Waals surface area contributed by atoms with Crippen molar-refractivity contribution in [3.8, 4) is 0 Å². The molecule has 116 valence electrons. The molecular weight excluding hydrogens is 310 g/mol. The summed E-state index contributed by atoms with van der Waals surface area (Å²) in [5.41, 5.74) is 0. The molecule has 1 aromatic rings. The van der Waals surface area contributed by atoms with Crippen molar-refractivity contribution >= 4 is 27.3 Å². The van der Waals surface area contributed by atoms with Crippen LogP contribution in [0.1, 0.15) is 26.2 Å². The summed E-state index contributed by atoms with van der Waals surface area (Å²) in [5, 5.41) is 0.474. The Morgan fingerprint density at radius 2 is 1.90 bits per heavy atom. The number of hydrogen-bond donors (Lipinski definition) is 0.